The lowest BCUT2D eigenvalue weighted by Gasteiger charge is -2.18. The standard InChI is InChI=1S/C15H18ClN5O3S/c16-12-8-19-21(9-12)13-5-6-20(10-13)15(22)18-7-11-3-1-2-4-14(11)25(17,23)24/h1-4,8-9,13H,5-7,10H2,(H,18,22)(H2,17,23,24). The number of nitrogens with two attached hydrogens (primary N) is 1. The number of halogens is 1. The van der Waals surface area contributed by atoms with Gasteiger partial charge in [0.2, 0.25) is 10.0 Å². The Kier molecular flexibility index (Phi) is 4.98. The van der Waals surface area contributed by atoms with Gasteiger partial charge in [-0.1, -0.05) is 29.8 Å². The third-order valence-corrected chi connectivity index (χ3v) is 5.31. The molecule has 0 saturated carbocycles. The molecule has 0 bridgehead atoms. The van der Waals surface area contributed by atoms with E-state index in [1.54, 1.807) is 40.2 Å². The smallest absolute Gasteiger partial charge is 0.317 e. The number of benzene rings is 1. The van der Waals surface area contributed by atoms with Crippen molar-refractivity contribution in [3.05, 3.63) is 47.2 Å². The van der Waals surface area contributed by atoms with Crippen molar-refractivity contribution in [1.82, 2.24) is 20.0 Å². The molecule has 25 heavy (non-hydrogen) atoms. The van der Waals surface area contributed by atoms with Gasteiger partial charge in [0, 0.05) is 25.8 Å². The summed E-state index contributed by atoms with van der Waals surface area (Å²) in [7, 11) is -3.83. The Hall–Kier alpha value is -2.10. The van der Waals surface area contributed by atoms with Gasteiger partial charge in [-0.25, -0.2) is 18.4 Å². The van der Waals surface area contributed by atoms with Gasteiger partial charge in [0.25, 0.3) is 0 Å². The first kappa shape index (κ1) is 17.7. The molecule has 0 aliphatic carbocycles. The zero-order valence-electron chi connectivity index (χ0n) is 13.3. The molecule has 1 aromatic heterocycles. The number of rotatable bonds is 4. The number of carbonyl (C=O) groups is 1. The van der Waals surface area contributed by atoms with Crippen molar-refractivity contribution in [1.29, 1.82) is 0 Å². The third-order valence-electron chi connectivity index (χ3n) is 4.10. The first-order chi connectivity index (χ1) is 11.8. The topological polar surface area (TPSA) is 110 Å². The van der Waals surface area contributed by atoms with Crippen molar-refractivity contribution in [2.75, 3.05) is 13.1 Å². The molecule has 3 N–H and O–H groups in total. The van der Waals surface area contributed by atoms with Crippen LogP contribution in [0.25, 0.3) is 0 Å². The Balaban J connectivity index is 1.61. The number of aromatic nitrogens is 2. The maximum absolute atomic E-state index is 12.3. The van der Waals surface area contributed by atoms with Crippen molar-refractivity contribution in [3.63, 3.8) is 0 Å². The number of primary sulfonamides is 1. The first-order valence-corrected chi connectivity index (χ1v) is 9.60. The fourth-order valence-electron chi connectivity index (χ4n) is 2.87. The van der Waals surface area contributed by atoms with E-state index in [2.05, 4.69) is 10.4 Å². The van der Waals surface area contributed by atoms with Gasteiger partial charge in [-0.05, 0) is 18.1 Å². The van der Waals surface area contributed by atoms with Crippen molar-refractivity contribution < 1.29 is 13.2 Å². The molecule has 1 saturated heterocycles. The highest BCUT2D eigenvalue weighted by atomic mass is 35.5. The van der Waals surface area contributed by atoms with Gasteiger partial charge in [0.1, 0.15) is 0 Å². The van der Waals surface area contributed by atoms with Crippen LogP contribution in [0.4, 0.5) is 4.79 Å². The number of amides is 2. The molecule has 1 aliphatic heterocycles. The second kappa shape index (κ2) is 7.03. The highest BCUT2D eigenvalue weighted by Crippen LogP contribution is 2.22. The molecule has 3 rings (SSSR count). The minimum Gasteiger partial charge on any atom is -0.334 e. The number of urea groups is 1. The van der Waals surface area contributed by atoms with Gasteiger partial charge >= 0.3 is 6.03 Å². The summed E-state index contributed by atoms with van der Waals surface area (Å²) in [5, 5.41) is 12.7. The normalized spacial score (nSPS) is 17.7. The minimum atomic E-state index is -3.83. The number of sulfonamides is 1. The summed E-state index contributed by atoms with van der Waals surface area (Å²) in [6, 6.07) is 6.15. The van der Waals surface area contributed by atoms with Crippen molar-refractivity contribution in [2.45, 2.75) is 23.9 Å². The van der Waals surface area contributed by atoms with Gasteiger partial charge in [0.05, 0.1) is 22.2 Å². The maximum Gasteiger partial charge on any atom is 0.317 e. The van der Waals surface area contributed by atoms with E-state index in [4.69, 9.17) is 16.7 Å². The van der Waals surface area contributed by atoms with Gasteiger partial charge in [-0.2, -0.15) is 5.10 Å². The van der Waals surface area contributed by atoms with Gasteiger partial charge < -0.3 is 10.2 Å². The van der Waals surface area contributed by atoms with E-state index in [-0.39, 0.29) is 23.5 Å². The van der Waals surface area contributed by atoms with Crippen LogP contribution in [-0.4, -0.2) is 42.2 Å². The number of likely N-dealkylation sites (tertiary alicyclic amines) is 1. The summed E-state index contributed by atoms with van der Waals surface area (Å²) in [5.74, 6) is 0. The Morgan fingerprint density at radius 1 is 1.40 bits per heavy atom. The molecule has 2 aromatic rings. The molecule has 2 amide bonds. The SMILES string of the molecule is NS(=O)(=O)c1ccccc1CNC(=O)N1CCC(n2cc(Cl)cn2)C1. The Morgan fingerprint density at radius 2 is 2.16 bits per heavy atom. The van der Waals surface area contributed by atoms with E-state index in [0.717, 1.165) is 6.42 Å². The van der Waals surface area contributed by atoms with Crippen LogP contribution < -0.4 is 10.5 Å². The fraction of sp³-hybridized carbons (Fsp3) is 0.333. The molecule has 1 atom stereocenters. The summed E-state index contributed by atoms with van der Waals surface area (Å²) in [5.41, 5.74) is 0.452. The second-order valence-electron chi connectivity index (χ2n) is 5.84. The predicted octanol–water partition coefficient (Wildman–Crippen LogP) is 1.34. The summed E-state index contributed by atoms with van der Waals surface area (Å²) in [6.45, 7) is 1.19. The predicted molar refractivity (Wildman–Crippen MR) is 92.5 cm³/mol. The van der Waals surface area contributed by atoms with Gasteiger partial charge in [-0.3, -0.25) is 4.68 Å². The summed E-state index contributed by atoms with van der Waals surface area (Å²) >= 11 is 5.87. The molecule has 10 heteroatoms. The zero-order chi connectivity index (χ0) is 18.0. The van der Waals surface area contributed by atoms with Crippen LogP contribution in [0.1, 0.15) is 18.0 Å². The van der Waals surface area contributed by atoms with Crippen molar-refractivity contribution >= 4 is 27.7 Å². The largest absolute Gasteiger partial charge is 0.334 e. The minimum absolute atomic E-state index is 0.0146. The van der Waals surface area contributed by atoms with Crippen LogP contribution >= 0.6 is 11.6 Å². The monoisotopic (exact) mass is 383 g/mol. The number of nitrogens with zero attached hydrogens (tertiary/aromatic N) is 3. The van der Waals surface area contributed by atoms with Gasteiger partial charge in [0.15, 0.2) is 0 Å². The summed E-state index contributed by atoms with van der Waals surface area (Å²) in [6.07, 6.45) is 4.07. The number of hydrogen-bond donors (Lipinski definition) is 2. The van der Waals surface area contributed by atoms with Crippen LogP contribution in [0.15, 0.2) is 41.6 Å². The molecule has 134 valence electrons. The average Bonchev–Trinajstić information content (AvgIpc) is 3.21. The third kappa shape index (κ3) is 4.12. The molecule has 1 aromatic carbocycles. The second-order valence-corrected chi connectivity index (χ2v) is 7.80. The molecule has 2 heterocycles. The lowest BCUT2D eigenvalue weighted by atomic mass is 10.2. The Labute approximate surface area is 150 Å². The molecule has 1 unspecified atom stereocenters. The molecule has 1 fully saturated rings. The van der Waals surface area contributed by atoms with E-state index in [1.165, 1.54) is 6.07 Å². The van der Waals surface area contributed by atoms with E-state index in [9.17, 15) is 13.2 Å². The maximum atomic E-state index is 12.3. The Morgan fingerprint density at radius 3 is 2.84 bits per heavy atom. The summed E-state index contributed by atoms with van der Waals surface area (Å²) in [4.78, 5) is 14.0. The van der Waals surface area contributed by atoms with E-state index >= 15 is 0 Å². The van der Waals surface area contributed by atoms with Crippen LogP contribution in [0.3, 0.4) is 0 Å². The fourth-order valence-corrected chi connectivity index (χ4v) is 3.78. The molecule has 8 nitrogen and oxygen atoms in total. The van der Waals surface area contributed by atoms with Crippen molar-refractivity contribution in [3.8, 4) is 0 Å². The van der Waals surface area contributed by atoms with Crippen LogP contribution in [0.5, 0.6) is 0 Å². The number of hydrogen-bond acceptors (Lipinski definition) is 4. The highest BCUT2D eigenvalue weighted by molar-refractivity contribution is 7.89. The van der Waals surface area contributed by atoms with E-state index in [0.29, 0.717) is 23.7 Å². The van der Waals surface area contributed by atoms with Crippen molar-refractivity contribution in [2.24, 2.45) is 5.14 Å². The van der Waals surface area contributed by atoms with Crippen LogP contribution in [0, 0.1) is 0 Å². The van der Waals surface area contributed by atoms with E-state index < -0.39 is 10.0 Å². The molecule has 0 spiro atoms. The highest BCUT2D eigenvalue weighted by Gasteiger charge is 2.28. The van der Waals surface area contributed by atoms with Crippen LogP contribution in [-0.2, 0) is 16.6 Å². The summed E-state index contributed by atoms with van der Waals surface area (Å²) < 4.78 is 24.9. The average molecular weight is 384 g/mol. The molecular weight excluding hydrogens is 366 g/mol. The Bertz CT molecular complexity index is 883. The molecule has 0 radical (unpaired) electrons. The first-order valence-electron chi connectivity index (χ1n) is 7.68. The lowest BCUT2D eigenvalue weighted by Crippen LogP contribution is -2.38. The molecule has 1 aliphatic rings. The van der Waals surface area contributed by atoms with Gasteiger partial charge in [-0.15, -0.1) is 0 Å². The lowest BCUT2D eigenvalue weighted by molar-refractivity contribution is 0.206. The van der Waals surface area contributed by atoms with Crippen LogP contribution in [0.2, 0.25) is 5.02 Å². The molecular formula is C15H18ClN5O3S. The zero-order valence-corrected chi connectivity index (χ0v) is 14.9. The number of carbonyl (C=O) groups excluding carboxylic acids is 1. The number of nitrogens with one attached hydrogen (secondary N) is 1. The quantitative estimate of drug-likeness (QED) is 0.829. The van der Waals surface area contributed by atoms with E-state index in [1.807, 2.05) is 0 Å².